The zero-order valence-corrected chi connectivity index (χ0v) is 13.3. The number of anilines is 1. The normalized spacial score (nSPS) is 13.8. The third kappa shape index (κ3) is 3.41. The number of aryl methyl sites for hydroxylation is 1. The SMILES string of the molecule is CC(=O)Nc1cc(-c2cc(C(N)=O)cn2CC2CC2)c(C)cn1. The van der Waals surface area contributed by atoms with Gasteiger partial charge in [0, 0.05) is 37.1 Å². The topological polar surface area (TPSA) is 90.0 Å². The predicted molar refractivity (Wildman–Crippen MR) is 87.9 cm³/mol. The number of nitrogens with two attached hydrogens (primary N) is 1. The number of aromatic nitrogens is 2. The first-order valence-electron chi connectivity index (χ1n) is 7.68. The summed E-state index contributed by atoms with van der Waals surface area (Å²) in [6, 6.07) is 3.64. The van der Waals surface area contributed by atoms with Crippen molar-refractivity contribution in [1.29, 1.82) is 0 Å². The number of carbonyl (C=O) groups excluding carboxylic acids is 2. The van der Waals surface area contributed by atoms with Crippen LogP contribution < -0.4 is 11.1 Å². The largest absolute Gasteiger partial charge is 0.366 e. The van der Waals surface area contributed by atoms with Gasteiger partial charge in [-0.2, -0.15) is 0 Å². The second-order valence-corrected chi connectivity index (χ2v) is 6.14. The number of carbonyl (C=O) groups is 2. The molecule has 23 heavy (non-hydrogen) atoms. The van der Waals surface area contributed by atoms with Crippen molar-refractivity contribution in [3.05, 3.63) is 35.7 Å². The summed E-state index contributed by atoms with van der Waals surface area (Å²) in [6.07, 6.45) is 5.97. The van der Waals surface area contributed by atoms with Crippen molar-refractivity contribution in [1.82, 2.24) is 9.55 Å². The maximum absolute atomic E-state index is 11.5. The third-order valence-corrected chi connectivity index (χ3v) is 4.02. The van der Waals surface area contributed by atoms with Crippen molar-refractivity contribution in [2.45, 2.75) is 33.2 Å². The molecule has 0 spiro atoms. The molecule has 120 valence electrons. The molecular weight excluding hydrogens is 292 g/mol. The summed E-state index contributed by atoms with van der Waals surface area (Å²) in [6.45, 7) is 4.28. The highest BCUT2D eigenvalue weighted by atomic mass is 16.1. The maximum Gasteiger partial charge on any atom is 0.250 e. The van der Waals surface area contributed by atoms with E-state index in [0.29, 0.717) is 17.3 Å². The summed E-state index contributed by atoms with van der Waals surface area (Å²) >= 11 is 0. The van der Waals surface area contributed by atoms with E-state index < -0.39 is 5.91 Å². The lowest BCUT2D eigenvalue weighted by molar-refractivity contribution is -0.114. The van der Waals surface area contributed by atoms with Crippen LogP contribution in [0.3, 0.4) is 0 Å². The van der Waals surface area contributed by atoms with Crippen molar-refractivity contribution >= 4 is 17.6 Å². The molecule has 3 N–H and O–H groups in total. The molecule has 0 bridgehead atoms. The van der Waals surface area contributed by atoms with E-state index in [1.54, 1.807) is 6.20 Å². The first kappa shape index (κ1) is 15.3. The van der Waals surface area contributed by atoms with Gasteiger partial charge in [0.25, 0.3) is 0 Å². The van der Waals surface area contributed by atoms with Crippen LogP contribution in [-0.4, -0.2) is 21.4 Å². The summed E-state index contributed by atoms with van der Waals surface area (Å²) < 4.78 is 2.08. The first-order valence-corrected chi connectivity index (χ1v) is 7.68. The number of hydrogen-bond donors (Lipinski definition) is 2. The molecule has 1 fully saturated rings. The zero-order valence-electron chi connectivity index (χ0n) is 13.3. The summed E-state index contributed by atoms with van der Waals surface area (Å²) in [5, 5.41) is 2.69. The number of hydrogen-bond acceptors (Lipinski definition) is 3. The molecule has 0 radical (unpaired) electrons. The average Bonchev–Trinajstić information content (AvgIpc) is 3.18. The molecule has 0 aromatic carbocycles. The van der Waals surface area contributed by atoms with E-state index in [1.165, 1.54) is 19.8 Å². The minimum atomic E-state index is -0.436. The van der Waals surface area contributed by atoms with Crippen LogP contribution in [0.1, 0.15) is 35.7 Å². The number of pyridine rings is 1. The minimum absolute atomic E-state index is 0.168. The van der Waals surface area contributed by atoms with Crippen molar-refractivity contribution in [3.63, 3.8) is 0 Å². The molecule has 2 aromatic heterocycles. The average molecular weight is 312 g/mol. The van der Waals surface area contributed by atoms with E-state index in [0.717, 1.165) is 23.4 Å². The van der Waals surface area contributed by atoms with Crippen LogP contribution in [0.4, 0.5) is 5.82 Å². The van der Waals surface area contributed by atoms with Gasteiger partial charge in [-0.05, 0) is 43.4 Å². The van der Waals surface area contributed by atoms with E-state index >= 15 is 0 Å². The van der Waals surface area contributed by atoms with Gasteiger partial charge in [-0.3, -0.25) is 9.59 Å². The second-order valence-electron chi connectivity index (χ2n) is 6.14. The second kappa shape index (κ2) is 5.87. The van der Waals surface area contributed by atoms with E-state index in [4.69, 9.17) is 5.73 Å². The number of rotatable bonds is 5. The molecule has 6 heteroatoms. The molecule has 0 saturated heterocycles. The van der Waals surface area contributed by atoms with E-state index in [1.807, 2.05) is 25.3 Å². The molecule has 1 aliphatic carbocycles. The molecule has 0 atom stereocenters. The lowest BCUT2D eigenvalue weighted by Gasteiger charge is -2.12. The molecule has 2 amide bonds. The van der Waals surface area contributed by atoms with Gasteiger partial charge < -0.3 is 15.6 Å². The predicted octanol–water partition coefficient (Wildman–Crippen LogP) is 2.33. The lowest BCUT2D eigenvalue weighted by atomic mass is 10.1. The molecule has 0 unspecified atom stereocenters. The Morgan fingerprint density at radius 1 is 1.39 bits per heavy atom. The van der Waals surface area contributed by atoms with Gasteiger partial charge in [-0.1, -0.05) is 0 Å². The van der Waals surface area contributed by atoms with E-state index in [9.17, 15) is 9.59 Å². The minimum Gasteiger partial charge on any atom is -0.366 e. The molecule has 2 aromatic rings. The molecule has 0 aliphatic heterocycles. The Bertz CT molecular complexity index is 775. The lowest BCUT2D eigenvalue weighted by Crippen LogP contribution is -2.09. The fourth-order valence-electron chi connectivity index (χ4n) is 2.65. The molecule has 1 aliphatic rings. The number of primary amides is 1. The highest BCUT2D eigenvalue weighted by molar-refractivity contribution is 5.94. The fraction of sp³-hybridized carbons (Fsp3) is 0.353. The van der Waals surface area contributed by atoms with Crippen molar-refractivity contribution in [2.24, 2.45) is 11.7 Å². The van der Waals surface area contributed by atoms with Gasteiger partial charge in [-0.15, -0.1) is 0 Å². The summed E-state index contributed by atoms with van der Waals surface area (Å²) in [5.41, 5.74) is 8.78. The number of nitrogens with zero attached hydrogens (tertiary/aromatic N) is 2. The Morgan fingerprint density at radius 2 is 2.13 bits per heavy atom. The van der Waals surface area contributed by atoms with Crippen molar-refractivity contribution in [3.8, 4) is 11.3 Å². The van der Waals surface area contributed by atoms with Crippen LogP contribution in [0.2, 0.25) is 0 Å². The van der Waals surface area contributed by atoms with E-state index in [-0.39, 0.29) is 5.91 Å². The molecular formula is C17H20N4O2. The van der Waals surface area contributed by atoms with Crippen LogP contribution in [0.25, 0.3) is 11.3 Å². The Morgan fingerprint density at radius 3 is 2.74 bits per heavy atom. The molecule has 2 heterocycles. The van der Waals surface area contributed by atoms with Gasteiger partial charge in [0.05, 0.1) is 5.56 Å². The van der Waals surface area contributed by atoms with Crippen LogP contribution in [0.5, 0.6) is 0 Å². The first-order chi connectivity index (χ1) is 10.9. The van der Waals surface area contributed by atoms with Crippen LogP contribution in [0.15, 0.2) is 24.5 Å². The van der Waals surface area contributed by atoms with Gasteiger partial charge in [0.2, 0.25) is 11.8 Å². The summed E-state index contributed by atoms with van der Waals surface area (Å²) in [5.74, 6) is 0.560. The zero-order chi connectivity index (χ0) is 16.6. The Hall–Kier alpha value is -2.63. The van der Waals surface area contributed by atoms with E-state index in [2.05, 4.69) is 14.9 Å². The Kier molecular flexibility index (Phi) is 3.90. The Balaban J connectivity index is 2.05. The fourth-order valence-corrected chi connectivity index (χ4v) is 2.65. The van der Waals surface area contributed by atoms with Crippen molar-refractivity contribution in [2.75, 3.05) is 5.32 Å². The monoisotopic (exact) mass is 312 g/mol. The van der Waals surface area contributed by atoms with Crippen LogP contribution >= 0.6 is 0 Å². The Labute approximate surface area is 134 Å². The highest BCUT2D eigenvalue weighted by Gasteiger charge is 2.24. The van der Waals surface area contributed by atoms with Crippen LogP contribution in [-0.2, 0) is 11.3 Å². The highest BCUT2D eigenvalue weighted by Crippen LogP contribution is 2.34. The van der Waals surface area contributed by atoms with Gasteiger partial charge in [0.1, 0.15) is 5.82 Å². The van der Waals surface area contributed by atoms with Gasteiger partial charge >= 0.3 is 0 Å². The number of amides is 2. The van der Waals surface area contributed by atoms with Crippen molar-refractivity contribution < 1.29 is 9.59 Å². The standard InChI is InChI=1S/C17H20N4O2/c1-10-7-19-16(20-11(2)22)6-14(10)15-5-13(17(18)23)9-21(15)8-12-3-4-12/h5-7,9,12H,3-4,8H2,1-2H3,(H2,18,23)(H,19,20,22). The van der Waals surface area contributed by atoms with Crippen LogP contribution in [0, 0.1) is 12.8 Å². The molecule has 3 rings (SSSR count). The summed E-state index contributed by atoms with van der Waals surface area (Å²) in [7, 11) is 0. The molecule has 1 saturated carbocycles. The maximum atomic E-state index is 11.5. The third-order valence-electron chi connectivity index (χ3n) is 4.02. The van der Waals surface area contributed by atoms with Gasteiger partial charge in [-0.25, -0.2) is 4.98 Å². The summed E-state index contributed by atoms with van der Waals surface area (Å²) in [4.78, 5) is 27.0. The van der Waals surface area contributed by atoms with Gasteiger partial charge in [0.15, 0.2) is 0 Å². The molecule has 6 nitrogen and oxygen atoms in total. The number of nitrogens with one attached hydrogen (secondary N) is 1. The quantitative estimate of drug-likeness (QED) is 0.887. The smallest absolute Gasteiger partial charge is 0.250 e.